The maximum Gasteiger partial charge on any atom is 0.326 e. The molecule has 0 radical (unpaired) electrons. The monoisotopic (exact) mass is 416 g/mol. The van der Waals surface area contributed by atoms with E-state index < -0.39 is 54.3 Å². The summed E-state index contributed by atoms with van der Waals surface area (Å²) in [5, 5.41) is 25.0. The van der Waals surface area contributed by atoms with Gasteiger partial charge in [0.15, 0.2) is 0 Å². The highest BCUT2D eigenvalue weighted by Gasteiger charge is 2.31. The second kappa shape index (κ2) is 12.7. The molecule has 0 rings (SSSR count). The summed E-state index contributed by atoms with van der Waals surface area (Å²) in [5.41, 5.74) is 5.56. The van der Waals surface area contributed by atoms with Crippen molar-refractivity contribution in [2.45, 2.75) is 65.1 Å². The zero-order valence-corrected chi connectivity index (χ0v) is 17.2. The van der Waals surface area contributed by atoms with E-state index in [0.29, 0.717) is 6.42 Å². The molecule has 0 aliphatic rings. The summed E-state index contributed by atoms with van der Waals surface area (Å²) in [6.07, 6.45) is 0.189. The van der Waals surface area contributed by atoms with E-state index in [1.54, 1.807) is 20.8 Å². The molecule has 0 saturated carbocycles. The topological polar surface area (TPSA) is 188 Å². The zero-order chi connectivity index (χ0) is 22.7. The fourth-order valence-corrected chi connectivity index (χ4v) is 2.39. The first-order valence-corrected chi connectivity index (χ1v) is 9.48. The summed E-state index contributed by atoms with van der Waals surface area (Å²) in [7, 11) is 0. The van der Waals surface area contributed by atoms with E-state index in [0.717, 1.165) is 0 Å². The number of nitrogens with two attached hydrogens (primary N) is 1. The average Bonchev–Trinajstić information content (AvgIpc) is 2.64. The third-order valence-corrected chi connectivity index (χ3v) is 4.47. The Labute approximate surface area is 169 Å². The normalized spacial score (nSPS) is 15.0. The summed E-state index contributed by atoms with van der Waals surface area (Å²) < 4.78 is 0. The van der Waals surface area contributed by atoms with Gasteiger partial charge in [0.2, 0.25) is 17.7 Å². The molecule has 11 heteroatoms. The van der Waals surface area contributed by atoms with Gasteiger partial charge in [-0.2, -0.15) is 0 Å². The van der Waals surface area contributed by atoms with E-state index in [2.05, 4.69) is 16.0 Å². The molecule has 0 bridgehead atoms. The van der Waals surface area contributed by atoms with E-state index in [1.807, 2.05) is 6.92 Å². The number of nitrogens with one attached hydrogen (secondary N) is 3. The highest BCUT2D eigenvalue weighted by molar-refractivity contribution is 5.92. The molecule has 4 atom stereocenters. The number of aliphatic carboxylic acids is 2. The molecule has 0 saturated heterocycles. The third-order valence-electron chi connectivity index (χ3n) is 4.47. The van der Waals surface area contributed by atoms with Crippen molar-refractivity contribution in [2.24, 2.45) is 17.6 Å². The molecular formula is C18H32N4O7. The maximum absolute atomic E-state index is 12.5. The van der Waals surface area contributed by atoms with Crippen LogP contribution in [0.5, 0.6) is 0 Å². The second-order valence-electron chi connectivity index (χ2n) is 7.26. The van der Waals surface area contributed by atoms with E-state index in [1.165, 1.54) is 0 Å². The van der Waals surface area contributed by atoms with Crippen LogP contribution in [0, 0.1) is 11.8 Å². The lowest BCUT2D eigenvalue weighted by Gasteiger charge is -2.26. The predicted octanol–water partition coefficient (Wildman–Crippen LogP) is -0.949. The molecule has 0 aromatic heterocycles. The molecule has 0 fully saturated rings. The van der Waals surface area contributed by atoms with Crippen LogP contribution in [-0.2, 0) is 24.0 Å². The fraction of sp³-hybridized carbons (Fsp3) is 0.722. The van der Waals surface area contributed by atoms with Crippen molar-refractivity contribution in [1.29, 1.82) is 0 Å². The van der Waals surface area contributed by atoms with Crippen LogP contribution >= 0.6 is 0 Å². The molecule has 11 nitrogen and oxygen atoms in total. The lowest BCUT2D eigenvalue weighted by molar-refractivity contribution is -0.144. The number of carboxylic acids is 2. The van der Waals surface area contributed by atoms with Crippen LogP contribution in [-0.4, -0.2) is 64.5 Å². The largest absolute Gasteiger partial charge is 0.481 e. The first-order valence-electron chi connectivity index (χ1n) is 9.48. The molecule has 0 heterocycles. The number of amides is 3. The van der Waals surface area contributed by atoms with E-state index >= 15 is 0 Å². The predicted molar refractivity (Wildman–Crippen MR) is 104 cm³/mol. The van der Waals surface area contributed by atoms with E-state index in [4.69, 9.17) is 10.8 Å². The average molecular weight is 416 g/mol. The number of rotatable bonds is 13. The quantitative estimate of drug-likeness (QED) is 0.221. The Morgan fingerprint density at radius 1 is 0.931 bits per heavy atom. The molecular weight excluding hydrogens is 384 g/mol. The van der Waals surface area contributed by atoms with Gasteiger partial charge in [0.05, 0.1) is 12.6 Å². The standard InChI is InChI=1S/C18H32N4O7/c1-5-10(4)15(17(27)22-14(9(2)3)18(28)29)21-12(23)8-20-16(26)11(19)6-7-13(24)25/h9-11,14-15H,5-8,19H2,1-4H3,(H,20,26)(H,21,23)(H,22,27)(H,24,25)(H,28,29). The van der Waals surface area contributed by atoms with Crippen molar-refractivity contribution in [2.75, 3.05) is 6.54 Å². The fourth-order valence-electron chi connectivity index (χ4n) is 2.39. The molecule has 3 amide bonds. The van der Waals surface area contributed by atoms with Gasteiger partial charge in [-0.25, -0.2) is 4.79 Å². The number of hydrogen-bond acceptors (Lipinski definition) is 6. The van der Waals surface area contributed by atoms with Gasteiger partial charge in [-0.05, 0) is 18.3 Å². The summed E-state index contributed by atoms with van der Waals surface area (Å²) in [5.74, 6) is -4.86. The van der Waals surface area contributed by atoms with Crippen LogP contribution in [0.4, 0.5) is 0 Å². The Kier molecular flexibility index (Phi) is 11.5. The first-order chi connectivity index (χ1) is 13.4. The third kappa shape index (κ3) is 9.88. The van der Waals surface area contributed by atoms with Gasteiger partial charge in [-0.1, -0.05) is 34.1 Å². The summed E-state index contributed by atoms with van der Waals surface area (Å²) in [4.78, 5) is 58.3. The Morgan fingerprint density at radius 2 is 1.52 bits per heavy atom. The summed E-state index contributed by atoms with van der Waals surface area (Å²) in [6, 6.07) is -3.15. The van der Waals surface area contributed by atoms with E-state index in [9.17, 15) is 29.1 Å². The van der Waals surface area contributed by atoms with Crippen LogP contribution in [0.25, 0.3) is 0 Å². The molecule has 0 aliphatic heterocycles. The van der Waals surface area contributed by atoms with Crippen molar-refractivity contribution < 1.29 is 34.2 Å². The minimum Gasteiger partial charge on any atom is -0.481 e. The van der Waals surface area contributed by atoms with Gasteiger partial charge in [0.1, 0.15) is 12.1 Å². The maximum atomic E-state index is 12.5. The SMILES string of the molecule is CCC(C)C(NC(=O)CNC(=O)C(N)CCC(=O)O)C(=O)NC(C(=O)O)C(C)C. The first kappa shape index (κ1) is 26.3. The molecule has 0 aliphatic carbocycles. The second-order valence-corrected chi connectivity index (χ2v) is 7.26. The Morgan fingerprint density at radius 3 is 1.97 bits per heavy atom. The molecule has 0 aromatic carbocycles. The van der Waals surface area contributed by atoms with Gasteiger partial charge < -0.3 is 31.9 Å². The number of hydrogen-bond donors (Lipinski definition) is 6. The van der Waals surface area contributed by atoms with Crippen molar-refractivity contribution >= 4 is 29.7 Å². The Hall–Kier alpha value is -2.69. The number of carbonyl (C=O) groups excluding carboxylic acids is 3. The molecule has 0 aromatic rings. The van der Waals surface area contributed by atoms with Gasteiger partial charge in [0, 0.05) is 6.42 Å². The number of carboxylic acid groups (broad SMARTS) is 2. The smallest absolute Gasteiger partial charge is 0.326 e. The van der Waals surface area contributed by atoms with Crippen molar-refractivity contribution in [3.8, 4) is 0 Å². The Bertz CT molecular complexity index is 609. The van der Waals surface area contributed by atoms with Crippen molar-refractivity contribution in [1.82, 2.24) is 16.0 Å². The van der Waals surface area contributed by atoms with Crippen molar-refractivity contribution in [3.63, 3.8) is 0 Å². The molecule has 7 N–H and O–H groups in total. The van der Waals surface area contributed by atoms with Crippen LogP contribution in [0.15, 0.2) is 0 Å². The lowest BCUT2D eigenvalue weighted by atomic mass is 9.96. The molecule has 29 heavy (non-hydrogen) atoms. The lowest BCUT2D eigenvalue weighted by Crippen LogP contribution is -2.56. The van der Waals surface area contributed by atoms with E-state index in [-0.39, 0.29) is 24.7 Å². The molecule has 4 unspecified atom stereocenters. The van der Waals surface area contributed by atoms with Gasteiger partial charge >= 0.3 is 11.9 Å². The van der Waals surface area contributed by atoms with Gasteiger partial charge in [0.25, 0.3) is 0 Å². The minimum absolute atomic E-state index is 0.0769. The Balaban J connectivity index is 4.87. The zero-order valence-electron chi connectivity index (χ0n) is 17.2. The van der Waals surface area contributed by atoms with Crippen LogP contribution in [0.2, 0.25) is 0 Å². The highest BCUT2D eigenvalue weighted by atomic mass is 16.4. The minimum atomic E-state index is -1.18. The van der Waals surface area contributed by atoms with Crippen LogP contribution < -0.4 is 21.7 Å². The summed E-state index contributed by atoms with van der Waals surface area (Å²) >= 11 is 0. The van der Waals surface area contributed by atoms with Crippen LogP contribution in [0.1, 0.15) is 47.0 Å². The van der Waals surface area contributed by atoms with Gasteiger partial charge in [-0.3, -0.25) is 19.2 Å². The van der Waals surface area contributed by atoms with Crippen LogP contribution in [0.3, 0.4) is 0 Å². The highest BCUT2D eigenvalue weighted by Crippen LogP contribution is 2.10. The van der Waals surface area contributed by atoms with Crippen molar-refractivity contribution in [3.05, 3.63) is 0 Å². The van der Waals surface area contributed by atoms with Gasteiger partial charge in [-0.15, -0.1) is 0 Å². The summed E-state index contributed by atoms with van der Waals surface area (Å²) in [6.45, 7) is 6.40. The molecule has 166 valence electrons. The molecule has 0 spiro atoms. The number of carbonyl (C=O) groups is 5.